The lowest BCUT2D eigenvalue weighted by Crippen LogP contribution is -2.37. The van der Waals surface area contributed by atoms with E-state index in [9.17, 15) is 13.2 Å². The average molecular weight is 318 g/mol. The molecule has 1 aromatic carbocycles. The topological polar surface area (TPSA) is 74.7 Å². The molecule has 0 aromatic heterocycles. The first kappa shape index (κ1) is 15.3. The number of hydrogen-bond acceptors (Lipinski definition) is 3. The van der Waals surface area contributed by atoms with Gasteiger partial charge in [-0.25, -0.2) is 8.42 Å². The molecular weight excluding hydrogens is 302 g/mol. The Morgan fingerprint density at radius 1 is 1.45 bits per heavy atom. The highest BCUT2D eigenvalue weighted by Gasteiger charge is 2.42. The Morgan fingerprint density at radius 3 is 2.60 bits per heavy atom. The van der Waals surface area contributed by atoms with Crippen molar-refractivity contribution in [3.8, 4) is 0 Å². The van der Waals surface area contributed by atoms with E-state index in [1.54, 1.807) is 19.1 Å². The third-order valence-corrected chi connectivity index (χ3v) is 6.16. The summed E-state index contributed by atoms with van der Waals surface area (Å²) in [5, 5.41) is 9.24. The largest absolute Gasteiger partial charge is 0.481 e. The van der Waals surface area contributed by atoms with Crippen LogP contribution in [0.4, 0.5) is 0 Å². The summed E-state index contributed by atoms with van der Waals surface area (Å²) in [4.78, 5) is 11.1. The van der Waals surface area contributed by atoms with E-state index in [-0.39, 0.29) is 16.5 Å². The summed E-state index contributed by atoms with van der Waals surface area (Å²) in [6, 6.07) is 4.15. The molecule has 1 aromatic rings. The van der Waals surface area contributed by atoms with Gasteiger partial charge in [0.15, 0.2) is 0 Å². The predicted molar refractivity (Wildman–Crippen MR) is 75.3 cm³/mol. The van der Waals surface area contributed by atoms with Crippen LogP contribution in [0.2, 0.25) is 5.02 Å². The molecule has 2 rings (SSSR count). The zero-order chi connectivity index (χ0) is 15.1. The van der Waals surface area contributed by atoms with Crippen molar-refractivity contribution in [2.75, 3.05) is 6.54 Å². The Labute approximate surface area is 123 Å². The highest BCUT2D eigenvalue weighted by molar-refractivity contribution is 7.89. The molecule has 2 unspecified atom stereocenters. The summed E-state index contributed by atoms with van der Waals surface area (Å²) < 4.78 is 26.4. The van der Waals surface area contributed by atoms with Crippen molar-refractivity contribution in [2.45, 2.75) is 31.2 Å². The molecule has 0 radical (unpaired) electrons. The maximum atomic E-state index is 12.6. The van der Waals surface area contributed by atoms with Crippen LogP contribution in [0.3, 0.4) is 0 Å². The van der Waals surface area contributed by atoms with Crippen LogP contribution in [0, 0.1) is 12.8 Å². The maximum absolute atomic E-state index is 12.6. The number of hydrogen-bond donors (Lipinski definition) is 1. The predicted octanol–water partition coefficient (Wildman–Crippen LogP) is 2.13. The van der Waals surface area contributed by atoms with Crippen LogP contribution in [0.15, 0.2) is 23.1 Å². The van der Waals surface area contributed by atoms with Gasteiger partial charge < -0.3 is 5.11 Å². The maximum Gasteiger partial charge on any atom is 0.308 e. The van der Waals surface area contributed by atoms with Gasteiger partial charge in [-0.05, 0) is 38.0 Å². The molecule has 7 heteroatoms. The van der Waals surface area contributed by atoms with Gasteiger partial charge in [0.1, 0.15) is 4.90 Å². The third-order valence-electron chi connectivity index (χ3n) is 3.69. The molecule has 0 amide bonds. The van der Waals surface area contributed by atoms with Crippen LogP contribution in [-0.2, 0) is 14.8 Å². The molecule has 1 N–H and O–H groups in total. The minimum absolute atomic E-state index is 0.0302. The zero-order valence-corrected chi connectivity index (χ0v) is 12.8. The first-order valence-electron chi connectivity index (χ1n) is 6.26. The van der Waals surface area contributed by atoms with Crippen molar-refractivity contribution in [2.24, 2.45) is 5.92 Å². The SMILES string of the molecule is Cc1ccc(S(=O)(=O)N2CCC(C(=O)O)C2C)c(Cl)c1. The lowest BCUT2D eigenvalue weighted by atomic mass is 10.0. The van der Waals surface area contributed by atoms with Gasteiger partial charge >= 0.3 is 5.97 Å². The van der Waals surface area contributed by atoms with Gasteiger partial charge in [-0.3, -0.25) is 4.79 Å². The quantitative estimate of drug-likeness (QED) is 0.926. The summed E-state index contributed by atoms with van der Waals surface area (Å²) in [5.41, 5.74) is 0.867. The van der Waals surface area contributed by atoms with Crippen LogP contribution >= 0.6 is 11.6 Å². The molecule has 1 fully saturated rings. The van der Waals surface area contributed by atoms with Crippen molar-refractivity contribution < 1.29 is 18.3 Å². The van der Waals surface area contributed by atoms with Gasteiger partial charge in [0.25, 0.3) is 0 Å². The number of carboxylic acids is 1. The van der Waals surface area contributed by atoms with E-state index in [1.807, 2.05) is 6.92 Å². The summed E-state index contributed by atoms with van der Waals surface area (Å²) in [6.07, 6.45) is 0.319. The standard InChI is InChI=1S/C13H16ClNO4S/c1-8-3-4-12(11(14)7-8)20(18,19)15-6-5-10(9(15)2)13(16)17/h3-4,7,9-10H,5-6H2,1-2H3,(H,16,17). The van der Waals surface area contributed by atoms with E-state index < -0.39 is 28.0 Å². The van der Waals surface area contributed by atoms with Crippen LogP contribution in [0.25, 0.3) is 0 Å². The number of benzene rings is 1. The lowest BCUT2D eigenvalue weighted by Gasteiger charge is -2.23. The van der Waals surface area contributed by atoms with Crippen molar-refractivity contribution >= 4 is 27.6 Å². The Bertz CT molecular complexity index is 644. The second-order valence-corrected chi connectivity index (χ2v) is 7.29. The fraction of sp³-hybridized carbons (Fsp3) is 0.462. The van der Waals surface area contributed by atoms with E-state index >= 15 is 0 Å². The van der Waals surface area contributed by atoms with Gasteiger partial charge in [0, 0.05) is 12.6 Å². The second-order valence-electron chi connectivity index (χ2n) is 5.02. The fourth-order valence-electron chi connectivity index (χ4n) is 2.52. The Balaban J connectivity index is 2.39. The van der Waals surface area contributed by atoms with E-state index in [0.29, 0.717) is 6.42 Å². The summed E-state index contributed by atoms with van der Waals surface area (Å²) in [7, 11) is -3.76. The first-order chi connectivity index (χ1) is 9.25. The molecular formula is C13H16ClNO4S. The van der Waals surface area contributed by atoms with Crippen LogP contribution in [0.5, 0.6) is 0 Å². The van der Waals surface area contributed by atoms with Gasteiger partial charge in [-0.2, -0.15) is 4.31 Å². The number of rotatable bonds is 3. The highest BCUT2D eigenvalue weighted by atomic mass is 35.5. The average Bonchev–Trinajstić information content (AvgIpc) is 2.71. The first-order valence-corrected chi connectivity index (χ1v) is 8.07. The smallest absolute Gasteiger partial charge is 0.308 e. The molecule has 0 spiro atoms. The number of halogens is 1. The number of carboxylic acid groups (broad SMARTS) is 1. The fourth-order valence-corrected chi connectivity index (χ4v) is 4.78. The van der Waals surface area contributed by atoms with Crippen LogP contribution < -0.4 is 0 Å². The normalized spacial score (nSPS) is 23.9. The van der Waals surface area contributed by atoms with E-state index in [1.165, 1.54) is 10.4 Å². The summed E-state index contributed by atoms with van der Waals surface area (Å²) in [6.45, 7) is 3.64. The third kappa shape index (κ3) is 2.55. The van der Waals surface area contributed by atoms with Crippen molar-refractivity contribution in [3.63, 3.8) is 0 Å². The number of aliphatic carboxylic acids is 1. The minimum atomic E-state index is -3.76. The number of nitrogens with zero attached hydrogens (tertiary/aromatic N) is 1. The van der Waals surface area contributed by atoms with Gasteiger partial charge in [-0.15, -0.1) is 0 Å². The molecule has 1 aliphatic heterocycles. The van der Waals surface area contributed by atoms with Crippen molar-refractivity contribution in [3.05, 3.63) is 28.8 Å². The van der Waals surface area contributed by atoms with Gasteiger partial charge in [0.05, 0.1) is 10.9 Å². The Hall–Kier alpha value is -1.11. The Kier molecular flexibility index (Phi) is 4.09. The van der Waals surface area contributed by atoms with Crippen molar-refractivity contribution in [1.82, 2.24) is 4.31 Å². The molecule has 1 saturated heterocycles. The van der Waals surface area contributed by atoms with E-state index in [4.69, 9.17) is 16.7 Å². The van der Waals surface area contributed by atoms with E-state index in [0.717, 1.165) is 5.56 Å². The van der Waals surface area contributed by atoms with Crippen LogP contribution in [0.1, 0.15) is 18.9 Å². The number of sulfonamides is 1. The summed E-state index contributed by atoms with van der Waals surface area (Å²) >= 11 is 6.02. The molecule has 2 atom stereocenters. The molecule has 0 bridgehead atoms. The molecule has 0 aliphatic carbocycles. The monoisotopic (exact) mass is 317 g/mol. The molecule has 20 heavy (non-hydrogen) atoms. The lowest BCUT2D eigenvalue weighted by molar-refractivity contribution is -0.142. The Morgan fingerprint density at radius 2 is 2.10 bits per heavy atom. The number of aryl methyl sites for hydroxylation is 1. The molecule has 1 heterocycles. The van der Waals surface area contributed by atoms with Crippen LogP contribution in [-0.4, -0.2) is 36.4 Å². The number of carbonyl (C=O) groups is 1. The molecule has 0 saturated carbocycles. The highest BCUT2D eigenvalue weighted by Crippen LogP contribution is 2.33. The molecule has 5 nitrogen and oxygen atoms in total. The second kappa shape index (κ2) is 5.35. The molecule has 1 aliphatic rings. The minimum Gasteiger partial charge on any atom is -0.481 e. The van der Waals surface area contributed by atoms with E-state index in [2.05, 4.69) is 0 Å². The molecule has 110 valence electrons. The summed E-state index contributed by atoms with van der Waals surface area (Å²) in [5.74, 6) is -1.64. The zero-order valence-electron chi connectivity index (χ0n) is 11.2. The van der Waals surface area contributed by atoms with Crippen molar-refractivity contribution in [1.29, 1.82) is 0 Å². The van der Waals surface area contributed by atoms with Gasteiger partial charge in [0.2, 0.25) is 10.0 Å². The van der Waals surface area contributed by atoms with Gasteiger partial charge in [-0.1, -0.05) is 17.7 Å².